The van der Waals surface area contributed by atoms with E-state index in [9.17, 15) is 8.78 Å². The van der Waals surface area contributed by atoms with Crippen molar-refractivity contribution in [2.75, 3.05) is 5.73 Å². The molecular weight excluding hydrogens is 250 g/mol. The van der Waals surface area contributed by atoms with Crippen LogP contribution in [-0.4, -0.2) is 15.0 Å². The fourth-order valence-corrected chi connectivity index (χ4v) is 1.88. The lowest BCUT2D eigenvalue weighted by Crippen LogP contribution is -2.02. The highest BCUT2D eigenvalue weighted by Gasteiger charge is 2.10. The van der Waals surface area contributed by atoms with Gasteiger partial charge in [0.1, 0.15) is 5.52 Å². The van der Waals surface area contributed by atoms with Gasteiger partial charge >= 0.3 is 0 Å². The number of nitrogen functional groups attached to an aromatic ring is 1. The van der Waals surface area contributed by atoms with Crippen molar-refractivity contribution in [2.24, 2.45) is 0 Å². The molecule has 0 fully saturated rings. The zero-order valence-electron chi connectivity index (χ0n) is 9.85. The Balaban J connectivity index is 2.01. The Morgan fingerprint density at radius 3 is 2.47 bits per heavy atom. The number of nitrogens with zero attached hydrogens (tertiary/aromatic N) is 3. The van der Waals surface area contributed by atoms with Crippen molar-refractivity contribution in [2.45, 2.75) is 6.54 Å². The summed E-state index contributed by atoms with van der Waals surface area (Å²) in [5.41, 5.74) is 8.00. The number of halogens is 2. The van der Waals surface area contributed by atoms with Gasteiger partial charge in [0.05, 0.1) is 12.1 Å². The fourth-order valence-electron chi connectivity index (χ4n) is 1.88. The van der Waals surface area contributed by atoms with Gasteiger partial charge in [0.15, 0.2) is 11.6 Å². The molecule has 0 saturated carbocycles. The molecule has 2 N–H and O–H groups in total. The van der Waals surface area contributed by atoms with Gasteiger partial charge in [0.25, 0.3) is 0 Å². The molecule has 0 atom stereocenters. The van der Waals surface area contributed by atoms with Gasteiger partial charge < -0.3 is 5.73 Å². The lowest BCUT2D eigenvalue weighted by atomic mass is 10.2. The molecule has 0 radical (unpaired) electrons. The van der Waals surface area contributed by atoms with E-state index in [0.717, 1.165) is 17.7 Å². The van der Waals surface area contributed by atoms with E-state index in [-0.39, 0.29) is 0 Å². The highest BCUT2D eigenvalue weighted by molar-refractivity contribution is 5.74. The molecule has 6 heteroatoms. The highest BCUT2D eigenvalue weighted by Crippen LogP contribution is 2.17. The third kappa shape index (κ3) is 2.12. The SMILES string of the molecule is Nc1ccc(Cn2nnc3cc(F)c(F)cc32)cc1. The van der Waals surface area contributed by atoms with Gasteiger partial charge in [-0.05, 0) is 17.7 Å². The van der Waals surface area contributed by atoms with Crippen molar-refractivity contribution >= 4 is 16.7 Å². The molecule has 0 unspecified atom stereocenters. The maximum atomic E-state index is 13.2. The van der Waals surface area contributed by atoms with Crippen LogP contribution in [0.3, 0.4) is 0 Å². The van der Waals surface area contributed by atoms with Crippen LogP contribution in [0, 0.1) is 11.6 Å². The second kappa shape index (κ2) is 4.31. The summed E-state index contributed by atoms with van der Waals surface area (Å²) < 4.78 is 27.8. The summed E-state index contributed by atoms with van der Waals surface area (Å²) >= 11 is 0. The number of nitrogens with two attached hydrogens (primary N) is 1. The first-order valence-corrected chi connectivity index (χ1v) is 5.66. The maximum Gasteiger partial charge on any atom is 0.161 e. The number of benzene rings is 2. The number of anilines is 1. The largest absolute Gasteiger partial charge is 0.399 e. The van der Waals surface area contributed by atoms with E-state index in [2.05, 4.69) is 10.3 Å². The predicted molar refractivity (Wildman–Crippen MR) is 67.4 cm³/mol. The molecule has 19 heavy (non-hydrogen) atoms. The minimum atomic E-state index is -0.924. The Morgan fingerprint density at radius 2 is 1.74 bits per heavy atom. The van der Waals surface area contributed by atoms with Gasteiger partial charge in [0, 0.05) is 17.8 Å². The first-order valence-electron chi connectivity index (χ1n) is 5.66. The van der Waals surface area contributed by atoms with Crippen molar-refractivity contribution in [3.63, 3.8) is 0 Å². The van der Waals surface area contributed by atoms with Gasteiger partial charge in [0.2, 0.25) is 0 Å². The van der Waals surface area contributed by atoms with E-state index in [1.54, 1.807) is 12.1 Å². The van der Waals surface area contributed by atoms with Gasteiger partial charge in [-0.2, -0.15) is 0 Å². The third-order valence-corrected chi connectivity index (χ3v) is 2.87. The van der Waals surface area contributed by atoms with Crippen LogP contribution in [0.25, 0.3) is 11.0 Å². The molecule has 0 aliphatic rings. The summed E-state index contributed by atoms with van der Waals surface area (Å²) in [6, 6.07) is 9.38. The second-order valence-corrected chi connectivity index (χ2v) is 4.24. The van der Waals surface area contributed by atoms with E-state index in [1.807, 2.05) is 12.1 Å². The Morgan fingerprint density at radius 1 is 1.05 bits per heavy atom. The van der Waals surface area contributed by atoms with Crippen LogP contribution in [0.2, 0.25) is 0 Å². The summed E-state index contributed by atoms with van der Waals surface area (Å²) in [6.45, 7) is 0.419. The number of rotatable bonds is 2. The van der Waals surface area contributed by atoms with E-state index < -0.39 is 11.6 Å². The molecule has 0 saturated heterocycles. The van der Waals surface area contributed by atoms with Gasteiger partial charge in [-0.25, -0.2) is 13.5 Å². The van der Waals surface area contributed by atoms with Crippen molar-refractivity contribution in [3.05, 3.63) is 53.6 Å². The standard InChI is InChI=1S/C13H10F2N4/c14-10-5-12-13(6-11(10)15)19(18-17-12)7-8-1-3-9(16)4-2-8/h1-6H,7,16H2. The highest BCUT2D eigenvalue weighted by atomic mass is 19.2. The summed E-state index contributed by atoms with van der Waals surface area (Å²) in [5.74, 6) is -1.83. The van der Waals surface area contributed by atoms with Crippen LogP contribution in [0.4, 0.5) is 14.5 Å². The quantitative estimate of drug-likeness (QED) is 0.719. The number of fused-ring (bicyclic) bond motifs is 1. The van der Waals surface area contributed by atoms with Crippen molar-refractivity contribution in [1.29, 1.82) is 0 Å². The van der Waals surface area contributed by atoms with Crippen LogP contribution >= 0.6 is 0 Å². The lowest BCUT2D eigenvalue weighted by Gasteiger charge is -2.03. The molecule has 0 spiro atoms. The molecule has 96 valence electrons. The molecule has 0 bridgehead atoms. The third-order valence-electron chi connectivity index (χ3n) is 2.87. The Hall–Kier alpha value is -2.50. The average Bonchev–Trinajstić information content (AvgIpc) is 2.76. The zero-order valence-corrected chi connectivity index (χ0v) is 9.85. The van der Waals surface area contributed by atoms with E-state index in [4.69, 9.17) is 5.73 Å². The summed E-state index contributed by atoms with van der Waals surface area (Å²) in [5, 5.41) is 7.71. The van der Waals surface area contributed by atoms with Crippen LogP contribution in [0.1, 0.15) is 5.56 Å². The number of hydrogen-bond donors (Lipinski definition) is 1. The van der Waals surface area contributed by atoms with Crippen LogP contribution in [-0.2, 0) is 6.54 Å². The zero-order chi connectivity index (χ0) is 13.4. The smallest absolute Gasteiger partial charge is 0.161 e. The first-order chi connectivity index (χ1) is 9.13. The molecular formula is C13H10F2N4. The van der Waals surface area contributed by atoms with Gasteiger partial charge in [-0.3, -0.25) is 0 Å². The number of hydrogen-bond acceptors (Lipinski definition) is 3. The van der Waals surface area contributed by atoms with E-state index >= 15 is 0 Å². The summed E-state index contributed by atoms with van der Waals surface area (Å²) in [6.07, 6.45) is 0. The average molecular weight is 260 g/mol. The van der Waals surface area contributed by atoms with Crippen molar-refractivity contribution in [1.82, 2.24) is 15.0 Å². The molecule has 0 amide bonds. The topological polar surface area (TPSA) is 56.7 Å². The van der Waals surface area contributed by atoms with Crippen molar-refractivity contribution in [3.8, 4) is 0 Å². The predicted octanol–water partition coefficient (Wildman–Crippen LogP) is 2.34. The van der Waals surface area contributed by atoms with Gasteiger partial charge in [-0.1, -0.05) is 17.3 Å². The van der Waals surface area contributed by atoms with Gasteiger partial charge in [-0.15, -0.1) is 5.10 Å². The van der Waals surface area contributed by atoms with Crippen LogP contribution in [0.5, 0.6) is 0 Å². The van der Waals surface area contributed by atoms with E-state index in [1.165, 1.54) is 4.68 Å². The normalized spacial score (nSPS) is 11.1. The molecule has 0 aliphatic heterocycles. The molecule has 1 aromatic heterocycles. The number of aromatic nitrogens is 3. The first kappa shape index (κ1) is 11.6. The summed E-state index contributed by atoms with van der Waals surface area (Å²) in [7, 11) is 0. The molecule has 1 heterocycles. The Bertz CT molecular complexity index is 734. The van der Waals surface area contributed by atoms with Crippen LogP contribution < -0.4 is 5.73 Å². The van der Waals surface area contributed by atoms with Crippen LogP contribution in [0.15, 0.2) is 36.4 Å². The minimum Gasteiger partial charge on any atom is -0.399 e. The molecule has 3 aromatic rings. The molecule has 0 aliphatic carbocycles. The minimum absolute atomic E-state index is 0.328. The molecule has 3 rings (SSSR count). The van der Waals surface area contributed by atoms with E-state index in [0.29, 0.717) is 23.3 Å². The second-order valence-electron chi connectivity index (χ2n) is 4.24. The fraction of sp³-hybridized carbons (Fsp3) is 0.0769. The van der Waals surface area contributed by atoms with Crippen molar-refractivity contribution < 1.29 is 8.78 Å². The molecule has 4 nitrogen and oxygen atoms in total. The lowest BCUT2D eigenvalue weighted by molar-refractivity contribution is 0.510. The Kier molecular flexibility index (Phi) is 2.63. The molecule has 2 aromatic carbocycles. The Labute approximate surface area is 107 Å². The maximum absolute atomic E-state index is 13.2. The monoisotopic (exact) mass is 260 g/mol. The summed E-state index contributed by atoms with van der Waals surface area (Å²) in [4.78, 5) is 0.